The molecule has 0 aliphatic heterocycles. The van der Waals surface area contributed by atoms with Crippen molar-refractivity contribution in [1.82, 2.24) is 9.97 Å². The van der Waals surface area contributed by atoms with Crippen molar-refractivity contribution in [3.63, 3.8) is 0 Å². The Morgan fingerprint density at radius 2 is 1.70 bits per heavy atom. The number of aryl methyl sites for hydroxylation is 2. The second-order valence-electron chi connectivity index (χ2n) is 6.02. The molecule has 3 rings (SSSR count). The monoisotopic (exact) mass is 305 g/mol. The van der Waals surface area contributed by atoms with Crippen LogP contribution in [0.2, 0.25) is 0 Å². The van der Waals surface area contributed by atoms with E-state index in [-0.39, 0.29) is 0 Å². The van der Waals surface area contributed by atoms with Crippen LogP contribution in [0.5, 0.6) is 0 Å². The zero-order valence-corrected chi connectivity index (χ0v) is 14.0. The first kappa shape index (κ1) is 14.1. The lowest BCUT2D eigenvalue weighted by Crippen LogP contribution is -2.30. The number of hydrogen-bond donors (Lipinski definition) is 0. The lowest BCUT2D eigenvalue weighted by molar-refractivity contribution is -0.659. The number of benzene rings is 1. The molecule has 3 aromatic rings. The van der Waals surface area contributed by atoms with Gasteiger partial charge in [-0.1, -0.05) is 32.0 Å². The standard InChI is InChI=1S/C20H22N3/c1-14(2)20-21-11-17(12-22-20)16-9-10-19(23(4)13-16)18-8-6-5-7-15(18)3/h5-14H,1-4H3/q+1/i14D. The Labute approximate surface area is 139 Å². The molecule has 0 aliphatic carbocycles. The Balaban J connectivity index is 1.97. The summed E-state index contributed by atoms with van der Waals surface area (Å²) in [6.45, 7) is 5.70. The van der Waals surface area contributed by atoms with Crippen molar-refractivity contribution >= 4 is 0 Å². The Morgan fingerprint density at radius 3 is 2.30 bits per heavy atom. The smallest absolute Gasteiger partial charge is 0.212 e. The average molecular weight is 305 g/mol. The van der Waals surface area contributed by atoms with Crippen LogP contribution in [0.4, 0.5) is 0 Å². The average Bonchev–Trinajstić information content (AvgIpc) is 2.55. The molecule has 0 bridgehead atoms. The summed E-state index contributed by atoms with van der Waals surface area (Å²) in [6.07, 6.45) is 5.68. The topological polar surface area (TPSA) is 29.7 Å². The Kier molecular flexibility index (Phi) is 3.85. The van der Waals surface area contributed by atoms with Crippen LogP contribution in [-0.2, 0) is 7.05 Å². The van der Waals surface area contributed by atoms with Gasteiger partial charge in [0.25, 0.3) is 0 Å². The first-order valence-electron chi connectivity index (χ1n) is 8.25. The minimum Gasteiger partial charge on any atom is -0.240 e. The van der Waals surface area contributed by atoms with Crippen molar-refractivity contribution in [2.45, 2.75) is 26.7 Å². The van der Waals surface area contributed by atoms with Gasteiger partial charge in [-0.3, -0.25) is 0 Å². The van der Waals surface area contributed by atoms with Crippen molar-refractivity contribution in [2.75, 3.05) is 0 Å². The second-order valence-corrected chi connectivity index (χ2v) is 6.02. The van der Waals surface area contributed by atoms with Crippen LogP contribution in [0.3, 0.4) is 0 Å². The molecule has 0 aliphatic rings. The maximum Gasteiger partial charge on any atom is 0.212 e. The fourth-order valence-electron chi connectivity index (χ4n) is 2.65. The molecule has 0 N–H and O–H groups in total. The van der Waals surface area contributed by atoms with Gasteiger partial charge < -0.3 is 0 Å². The molecule has 2 heterocycles. The summed E-state index contributed by atoms with van der Waals surface area (Å²) in [5.41, 5.74) is 5.67. The highest BCUT2D eigenvalue weighted by molar-refractivity contribution is 5.65. The predicted molar refractivity (Wildman–Crippen MR) is 92.9 cm³/mol. The summed E-state index contributed by atoms with van der Waals surface area (Å²) in [5.74, 6) is -0.245. The van der Waals surface area contributed by atoms with Gasteiger partial charge in [0.2, 0.25) is 5.69 Å². The van der Waals surface area contributed by atoms with Gasteiger partial charge >= 0.3 is 0 Å². The maximum absolute atomic E-state index is 8.00. The molecular weight excluding hydrogens is 282 g/mol. The highest BCUT2D eigenvalue weighted by Gasteiger charge is 2.14. The van der Waals surface area contributed by atoms with Gasteiger partial charge in [0.1, 0.15) is 12.9 Å². The number of nitrogens with zero attached hydrogens (tertiary/aromatic N) is 3. The Bertz CT molecular complexity index is 865. The maximum atomic E-state index is 8.00. The number of pyridine rings is 1. The first-order chi connectivity index (χ1) is 11.4. The summed E-state index contributed by atoms with van der Waals surface area (Å²) in [5, 5.41) is 0. The molecule has 0 amide bonds. The molecule has 3 nitrogen and oxygen atoms in total. The van der Waals surface area contributed by atoms with Gasteiger partial charge in [0, 0.05) is 42.4 Å². The van der Waals surface area contributed by atoms with Gasteiger partial charge in [0.15, 0.2) is 6.20 Å². The molecule has 1 aromatic carbocycles. The van der Waals surface area contributed by atoms with Crippen LogP contribution in [0, 0.1) is 6.92 Å². The van der Waals surface area contributed by atoms with Crippen LogP contribution in [0.1, 0.15) is 32.5 Å². The van der Waals surface area contributed by atoms with Crippen molar-refractivity contribution < 1.29 is 5.94 Å². The molecule has 3 heteroatoms. The zero-order valence-electron chi connectivity index (χ0n) is 15.0. The quantitative estimate of drug-likeness (QED) is 0.683. The predicted octanol–water partition coefficient (Wildman–Crippen LogP) is 4.07. The largest absolute Gasteiger partial charge is 0.240 e. The summed E-state index contributed by atoms with van der Waals surface area (Å²) >= 11 is 0. The summed E-state index contributed by atoms with van der Waals surface area (Å²) in [7, 11) is 2.05. The van der Waals surface area contributed by atoms with E-state index in [0.717, 1.165) is 11.1 Å². The number of aromatic nitrogens is 3. The molecule has 0 unspecified atom stereocenters. The first-order valence-corrected chi connectivity index (χ1v) is 7.75. The van der Waals surface area contributed by atoms with E-state index in [1.165, 1.54) is 16.8 Å². The fraction of sp³-hybridized carbons (Fsp3) is 0.250. The minimum atomic E-state index is -0.780. The lowest BCUT2D eigenvalue weighted by atomic mass is 10.0. The third-order valence-electron chi connectivity index (χ3n) is 3.99. The molecule has 0 spiro atoms. The van der Waals surface area contributed by atoms with Crippen molar-refractivity contribution in [1.29, 1.82) is 0 Å². The lowest BCUT2D eigenvalue weighted by Gasteiger charge is -2.07. The van der Waals surface area contributed by atoms with Crippen LogP contribution < -0.4 is 4.57 Å². The minimum absolute atomic E-state index is 0.534. The van der Waals surface area contributed by atoms with E-state index < -0.39 is 5.89 Å². The van der Waals surface area contributed by atoms with E-state index >= 15 is 0 Å². The van der Waals surface area contributed by atoms with Crippen molar-refractivity contribution in [3.05, 3.63) is 66.4 Å². The van der Waals surface area contributed by atoms with Crippen LogP contribution in [0.25, 0.3) is 22.4 Å². The normalized spacial score (nSPS) is 12.1. The molecule has 0 radical (unpaired) electrons. The Morgan fingerprint density at radius 1 is 1.00 bits per heavy atom. The number of hydrogen-bond acceptors (Lipinski definition) is 2. The highest BCUT2D eigenvalue weighted by Crippen LogP contribution is 2.23. The third kappa shape index (κ3) is 3.14. The van der Waals surface area contributed by atoms with Gasteiger partial charge in [-0.25, -0.2) is 14.5 Å². The highest BCUT2D eigenvalue weighted by atomic mass is 14.9. The van der Waals surface area contributed by atoms with Crippen molar-refractivity contribution in [3.8, 4) is 22.4 Å². The van der Waals surface area contributed by atoms with E-state index in [0.29, 0.717) is 5.82 Å². The molecule has 0 saturated heterocycles. The molecule has 23 heavy (non-hydrogen) atoms. The molecule has 0 saturated carbocycles. The van der Waals surface area contributed by atoms with E-state index in [1.807, 2.05) is 7.05 Å². The summed E-state index contributed by atoms with van der Waals surface area (Å²) in [6, 6.07) is 12.6. The van der Waals surface area contributed by atoms with Gasteiger partial charge in [-0.2, -0.15) is 0 Å². The molecular formula is C20H22N3+. The molecule has 116 valence electrons. The summed E-state index contributed by atoms with van der Waals surface area (Å²) < 4.78 is 10.1. The fourth-order valence-corrected chi connectivity index (χ4v) is 2.65. The van der Waals surface area contributed by atoms with Gasteiger partial charge in [0.05, 0.1) is 0 Å². The van der Waals surface area contributed by atoms with E-state index in [4.69, 9.17) is 1.37 Å². The molecule has 2 aromatic heterocycles. The van der Waals surface area contributed by atoms with Crippen LogP contribution in [-0.4, -0.2) is 9.97 Å². The molecule has 0 atom stereocenters. The van der Waals surface area contributed by atoms with Gasteiger partial charge in [-0.15, -0.1) is 0 Å². The Hall–Kier alpha value is -2.55. The third-order valence-corrected chi connectivity index (χ3v) is 3.99. The van der Waals surface area contributed by atoms with Crippen LogP contribution >= 0.6 is 0 Å². The SMILES string of the molecule is [2H]C(C)(C)c1ncc(-c2ccc(-c3ccccc3C)[n+](C)c2)cn1. The zero-order chi connectivity index (χ0) is 17.3. The van der Waals surface area contributed by atoms with E-state index in [9.17, 15) is 0 Å². The van der Waals surface area contributed by atoms with E-state index in [2.05, 4.69) is 64.1 Å². The number of rotatable bonds is 3. The van der Waals surface area contributed by atoms with E-state index in [1.54, 1.807) is 26.2 Å². The summed E-state index contributed by atoms with van der Waals surface area (Å²) in [4.78, 5) is 8.69. The second kappa shape index (κ2) is 6.29. The van der Waals surface area contributed by atoms with Crippen LogP contribution in [0.15, 0.2) is 55.0 Å². The van der Waals surface area contributed by atoms with Gasteiger partial charge in [-0.05, 0) is 24.6 Å². The van der Waals surface area contributed by atoms with Crippen molar-refractivity contribution in [2.24, 2.45) is 7.05 Å². The molecule has 0 fully saturated rings.